The van der Waals surface area contributed by atoms with E-state index >= 15 is 0 Å². The monoisotopic (exact) mass is 1060 g/mol. The second kappa shape index (κ2) is 52.8. The van der Waals surface area contributed by atoms with Gasteiger partial charge in [-0.2, -0.15) is 0 Å². The molecule has 0 aliphatic carbocycles. The third-order valence-electron chi connectivity index (χ3n) is 15.4. The fourth-order valence-electron chi connectivity index (χ4n) is 10.2. The van der Waals surface area contributed by atoms with Crippen LogP contribution in [0.4, 0.5) is 0 Å². The molecule has 75 heavy (non-hydrogen) atoms. The van der Waals surface area contributed by atoms with Crippen molar-refractivity contribution >= 4 is 11.9 Å². The molecule has 1 heterocycles. The van der Waals surface area contributed by atoms with Crippen molar-refractivity contribution in [2.75, 3.05) is 13.2 Å². The number of aliphatic hydroxyl groups is 5. The van der Waals surface area contributed by atoms with E-state index in [1.54, 1.807) is 6.08 Å². The normalized spacial score (nSPS) is 19.3. The van der Waals surface area contributed by atoms with Gasteiger partial charge in [0.05, 0.1) is 25.4 Å². The van der Waals surface area contributed by atoms with Gasteiger partial charge in [-0.1, -0.05) is 276 Å². The molecule has 0 spiro atoms. The lowest BCUT2D eigenvalue weighted by atomic mass is 9.99. The zero-order chi connectivity index (χ0) is 54.7. The number of hydrogen-bond donors (Lipinski definition) is 6. The van der Waals surface area contributed by atoms with Crippen LogP contribution in [0, 0.1) is 0 Å². The summed E-state index contributed by atoms with van der Waals surface area (Å²) in [4.78, 5) is 26.5. The van der Waals surface area contributed by atoms with Crippen molar-refractivity contribution in [3.05, 3.63) is 24.3 Å². The summed E-state index contributed by atoms with van der Waals surface area (Å²) in [6.07, 6.45) is 50.8. The van der Waals surface area contributed by atoms with Crippen molar-refractivity contribution in [3.8, 4) is 0 Å². The van der Waals surface area contributed by atoms with Gasteiger partial charge >= 0.3 is 5.97 Å². The van der Waals surface area contributed by atoms with Crippen LogP contribution >= 0.6 is 0 Å². The van der Waals surface area contributed by atoms with E-state index in [9.17, 15) is 35.1 Å². The summed E-state index contributed by atoms with van der Waals surface area (Å²) in [5.41, 5.74) is 0. The fourth-order valence-corrected chi connectivity index (χ4v) is 10.2. The van der Waals surface area contributed by atoms with Gasteiger partial charge in [0.2, 0.25) is 5.91 Å². The molecule has 0 aromatic carbocycles. The Morgan fingerprint density at radius 2 is 0.880 bits per heavy atom. The van der Waals surface area contributed by atoms with Gasteiger partial charge in [-0.15, -0.1) is 0 Å². The molecule has 11 heteroatoms. The van der Waals surface area contributed by atoms with Gasteiger partial charge in [0.1, 0.15) is 24.4 Å². The van der Waals surface area contributed by atoms with Gasteiger partial charge in [-0.3, -0.25) is 9.59 Å². The quantitative estimate of drug-likeness (QED) is 0.0195. The highest BCUT2D eigenvalue weighted by Crippen LogP contribution is 2.26. The topological polar surface area (TPSA) is 175 Å². The molecule has 8 unspecified atom stereocenters. The second-order valence-electron chi connectivity index (χ2n) is 22.5. The number of ether oxygens (including phenoxy) is 3. The van der Waals surface area contributed by atoms with Gasteiger partial charge in [-0.05, 0) is 51.4 Å². The SMILES string of the molecule is CCCCCCCC/C=C\CCCCC(O)C(=O)NC(COC1OC(CO)C(O)C(O)C1OC(=O)CCCCCCCCCCCCCCCCCCCCCCC)C(O)/C=C/CCCCCCCCCCCCC. The Bertz CT molecular complexity index is 1310. The van der Waals surface area contributed by atoms with E-state index in [1.165, 1.54) is 205 Å². The first-order valence-electron chi connectivity index (χ1n) is 32.1. The standard InChI is InChI=1S/C64H121NO10/c1-4-7-10-13-16-19-22-25-26-27-28-29-30-31-32-34-37-40-43-46-49-52-59(69)75-62-61(71)60(70)58(53-66)74-64(62)73-54-55(56(67)50-47-44-41-38-36-33-23-20-17-14-11-8-5-2)65-63(72)57(68)51-48-45-42-39-35-24-21-18-15-12-9-6-3/h35,39,47,50,55-58,60-62,64,66-68,70-71H,4-34,36-38,40-46,48-49,51-54H2,1-3H3,(H,65,72)/b39-35-,50-47+. The summed E-state index contributed by atoms with van der Waals surface area (Å²) in [5, 5.41) is 56.9. The molecule has 1 aliphatic heterocycles. The van der Waals surface area contributed by atoms with Crippen molar-refractivity contribution in [1.29, 1.82) is 0 Å². The number of carbonyl (C=O) groups excluding carboxylic acids is 2. The minimum atomic E-state index is -1.61. The summed E-state index contributed by atoms with van der Waals surface area (Å²) >= 11 is 0. The highest BCUT2D eigenvalue weighted by Gasteiger charge is 2.47. The Labute approximate surface area is 461 Å². The lowest BCUT2D eigenvalue weighted by Crippen LogP contribution is -2.61. The summed E-state index contributed by atoms with van der Waals surface area (Å²) in [6.45, 7) is 5.80. The molecule has 1 rings (SSSR count). The number of unbranched alkanes of at least 4 members (excludes halogenated alkanes) is 39. The zero-order valence-electron chi connectivity index (χ0n) is 48.9. The van der Waals surface area contributed by atoms with Crippen molar-refractivity contribution < 1.29 is 49.3 Å². The molecule has 11 nitrogen and oxygen atoms in total. The smallest absolute Gasteiger partial charge is 0.306 e. The van der Waals surface area contributed by atoms with Gasteiger partial charge in [-0.25, -0.2) is 0 Å². The molecule has 8 atom stereocenters. The molecule has 442 valence electrons. The highest BCUT2D eigenvalue weighted by atomic mass is 16.7. The van der Waals surface area contributed by atoms with Crippen LogP contribution in [0.5, 0.6) is 0 Å². The fraction of sp³-hybridized carbons (Fsp3) is 0.906. The largest absolute Gasteiger partial charge is 0.454 e. The maximum Gasteiger partial charge on any atom is 0.306 e. The summed E-state index contributed by atoms with van der Waals surface area (Å²) in [6, 6.07) is -1.03. The molecular weight excluding hydrogens is 943 g/mol. The molecule has 1 aliphatic rings. The number of esters is 1. The van der Waals surface area contributed by atoms with Crippen LogP contribution < -0.4 is 5.32 Å². The maximum absolute atomic E-state index is 13.4. The van der Waals surface area contributed by atoms with E-state index in [0.717, 1.165) is 57.8 Å². The summed E-state index contributed by atoms with van der Waals surface area (Å²) in [5.74, 6) is -1.20. The molecule has 0 bridgehead atoms. The average Bonchev–Trinajstić information content (AvgIpc) is 3.41. The van der Waals surface area contributed by atoms with Crippen LogP contribution in [-0.4, -0.2) is 99.6 Å². The Kier molecular flexibility index (Phi) is 50.1. The average molecular weight is 1060 g/mol. The molecule has 1 amide bonds. The van der Waals surface area contributed by atoms with Crippen molar-refractivity contribution in [2.45, 2.75) is 359 Å². The van der Waals surface area contributed by atoms with Crippen LogP contribution in [0.15, 0.2) is 24.3 Å². The number of carbonyl (C=O) groups is 2. The van der Waals surface area contributed by atoms with E-state index in [-0.39, 0.29) is 19.4 Å². The Morgan fingerprint density at radius 3 is 1.29 bits per heavy atom. The number of amides is 1. The molecule has 0 aromatic rings. The van der Waals surface area contributed by atoms with E-state index in [0.29, 0.717) is 12.8 Å². The van der Waals surface area contributed by atoms with Gasteiger partial charge in [0.25, 0.3) is 0 Å². The minimum Gasteiger partial charge on any atom is -0.454 e. The van der Waals surface area contributed by atoms with Crippen LogP contribution in [0.1, 0.15) is 310 Å². The van der Waals surface area contributed by atoms with E-state index in [1.807, 2.05) is 6.08 Å². The van der Waals surface area contributed by atoms with Crippen molar-refractivity contribution in [3.63, 3.8) is 0 Å². The number of allylic oxidation sites excluding steroid dienone is 3. The molecule has 0 aromatic heterocycles. The van der Waals surface area contributed by atoms with Crippen LogP contribution in [-0.2, 0) is 23.8 Å². The van der Waals surface area contributed by atoms with Gasteiger partial charge in [0.15, 0.2) is 12.4 Å². The predicted octanol–water partition coefficient (Wildman–Crippen LogP) is 15.3. The van der Waals surface area contributed by atoms with Crippen molar-refractivity contribution in [1.82, 2.24) is 5.32 Å². The summed E-state index contributed by atoms with van der Waals surface area (Å²) < 4.78 is 17.6. The highest BCUT2D eigenvalue weighted by molar-refractivity contribution is 5.80. The third-order valence-corrected chi connectivity index (χ3v) is 15.4. The molecule has 1 fully saturated rings. The molecule has 0 radical (unpaired) electrons. The van der Waals surface area contributed by atoms with E-state index in [2.05, 4.69) is 38.2 Å². The lowest BCUT2D eigenvalue weighted by Gasteiger charge is -2.41. The third kappa shape index (κ3) is 40.9. The number of hydrogen-bond acceptors (Lipinski definition) is 10. The number of nitrogens with one attached hydrogen (secondary N) is 1. The predicted molar refractivity (Wildman–Crippen MR) is 311 cm³/mol. The minimum absolute atomic E-state index is 0.128. The van der Waals surface area contributed by atoms with E-state index in [4.69, 9.17) is 14.2 Å². The molecular formula is C64H121NO10. The molecule has 6 N–H and O–H groups in total. The van der Waals surface area contributed by atoms with E-state index < -0.39 is 67.4 Å². The molecule has 0 saturated carbocycles. The van der Waals surface area contributed by atoms with Gasteiger partial charge in [0, 0.05) is 6.42 Å². The summed E-state index contributed by atoms with van der Waals surface area (Å²) in [7, 11) is 0. The second-order valence-corrected chi connectivity index (χ2v) is 22.5. The van der Waals surface area contributed by atoms with Crippen molar-refractivity contribution in [2.24, 2.45) is 0 Å². The Morgan fingerprint density at radius 1 is 0.507 bits per heavy atom. The first-order chi connectivity index (χ1) is 36.7. The van der Waals surface area contributed by atoms with Gasteiger partial charge < -0.3 is 45.1 Å². The number of rotatable bonds is 55. The Hall–Kier alpha value is -1.86. The van der Waals surface area contributed by atoms with Crippen LogP contribution in [0.3, 0.4) is 0 Å². The first kappa shape index (κ1) is 71.2. The Balaban J connectivity index is 2.63. The van der Waals surface area contributed by atoms with Crippen LogP contribution in [0.2, 0.25) is 0 Å². The zero-order valence-corrected chi connectivity index (χ0v) is 48.9. The molecule has 1 saturated heterocycles. The number of aliphatic hydroxyl groups excluding tert-OH is 5. The first-order valence-corrected chi connectivity index (χ1v) is 32.1. The van der Waals surface area contributed by atoms with Crippen LogP contribution in [0.25, 0.3) is 0 Å². The maximum atomic E-state index is 13.4. The lowest BCUT2D eigenvalue weighted by molar-refractivity contribution is -0.305.